The van der Waals surface area contributed by atoms with Gasteiger partial charge in [0.2, 0.25) is 5.91 Å². The van der Waals surface area contributed by atoms with Crippen LogP contribution in [0.5, 0.6) is 5.75 Å². The Bertz CT molecular complexity index is 729. The third-order valence-electron chi connectivity index (χ3n) is 4.10. The Balaban J connectivity index is 2.06. The molecule has 0 saturated heterocycles. The van der Waals surface area contributed by atoms with Crippen LogP contribution in [0, 0.1) is 13.8 Å². The minimum atomic E-state index is -0.350. The molecule has 134 valence electrons. The molecule has 0 fully saturated rings. The van der Waals surface area contributed by atoms with Crippen LogP contribution >= 0.6 is 0 Å². The molecule has 5 nitrogen and oxygen atoms in total. The van der Waals surface area contributed by atoms with Crippen molar-refractivity contribution in [2.24, 2.45) is 11.5 Å². The molecule has 2 aromatic carbocycles. The minimum absolute atomic E-state index is 0.211. The van der Waals surface area contributed by atoms with Gasteiger partial charge in [-0.15, -0.1) is 0 Å². The Morgan fingerprint density at radius 2 is 1.84 bits per heavy atom. The van der Waals surface area contributed by atoms with E-state index in [2.05, 4.69) is 37.4 Å². The zero-order chi connectivity index (χ0) is 18.2. The lowest BCUT2D eigenvalue weighted by Crippen LogP contribution is -2.15. The first-order valence-electron chi connectivity index (χ1n) is 8.53. The lowest BCUT2D eigenvalue weighted by molar-refractivity contribution is -0.117. The van der Waals surface area contributed by atoms with E-state index in [1.807, 2.05) is 18.2 Å². The summed E-state index contributed by atoms with van der Waals surface area (Å²) in [5.74, 6) is 0.385. The lowest BCUT2D eigenvalue weighted by Gasteiger charge is -2.15. The van der Waals surface area contributed by atoms with Crippen molar-refractivity contribution < 1.29 is 9.53 Å². The molecular formula is C20H27N3O2. The van der Waals surface area contributed by atoms with Crippen molar-refractivity contribution in [3.8, 4) is 5.75 Å². The number of aryl methyl sites for hydroxylation is 2. The predicted octanol–water partition coefficient (Wildman–Crippen LogP) is 2.32. The van der Waals surface area contributed by atoms with Crippen LogP contribution in [0.15, 0.2) is 36.4 Å². The van der Waals surface area contributed by atoms with Crippen molar-refractivity contribution in [3.05, 3.63) is 58.7 Å². The van der Waals surface area contributed by atoms with Crippen LogP contribution < -0.4 is 21.5 Å². The molecule has 0 bridgehead atoms. The summed E-state index contributed by atoms with van der Waals surface area (Å²) in [7, 11) is 0. The van der Waals surface area contributed by atoms with Gasteiger partial charge in [0.15, 0.2) is 0 Å². The van der Waals surface area contributed by atoms with E-state index in [1.54, 1.807) is 0 Å². The topological polar surface area (TPSA) is 90.4 Å². The third kappa shape index (κ3) is 5.80. The summed E-state index contributed by atoms with van der Waals surface area (Å²) < 4.78 is 5.68. The molecule has 2 aromatic rings. The van der Waals surface area contributed by atoms with E-state index in [4.69, 9.17) is 16.2 Å². The molecule has 5 N–H and O–H groups in total. The third-order valence-corrected chi connectivity index (χ3v) is 4.10. The minimum Gasteiger partial charge on any atom is -0.490 e. The van der Waals surface area contributed by atoms with E-state index in [0.717, 1.165) is 30.0 Å². The van der Waals surface area contributed by atoms with E-state index < -0.39 is 0 Å². The number of rotatable bonds is 9. The van der Waals surface area contributed by atoms with Gasteiger partial charge in [0.05, 0.1) is 12.1 Å². The van der Waals surface area contributed by atoms with Crippen LogP contribution in [0.2, 0.25) is 0 Å². The van der Waals surface area contributed by atoms with Gasteiger partial charge in [-0.25, -0.2) is 0 Å². The van der Waals surface area contributed by atoms with Crippen molar-refractivity contribution >= 4 is 11.6 Å². The van der Waals surface area contributed by atoms with Crippen LogP contribution in [0.3, 0.4) is 0 Å². The smallest absolute Gasteiger partial charge is 0.221 e. The molecule has 5 heteroatoms. The Labute approximate surface area is 149 Å². The largest absolute Gasteiger partial charge is 0.490 e. The zero-order valence-corrected chi connectivity index (χ0v) is 15.0. The molecule has 25 heavy (non-hydrogen) atoms. The fourth-order valence-corrected chi connectivity index (χ4v) is 2.62. The number of nitrogens with two attached hydrogens (primary N) is 2. The monoisotopic (exact) mass is 341 g/mol. The first kappa shape index (κ1) is 18.8. The highest BCUT2D eigenvalue weighted by molar-refractivity contribution is 5.77. The molecule has 0 aromatic heterocycles. The Hall–Kier alpha value is -2.53. The van der Waals surface area contributed by atoms with Crippen LogP contribution in [0.4, 0.5) is 5.69 Å². The number of benzene rings is 2. The van der Waals surface area contributed by atoms with Crippen LogP contribution in [-0.2, 0) is 17.6 Å². The fraction of sp³-hybridized carbons (Fsp3) is 0.350. The molecule has 0 saturated carbocycles. The highest BCUT2D eigenvalue weighted by Gasteiger charge is 2.07. The summed E-state index contributed by atoms with van der Waals surface area (Å²) in [4.78, 5) is 11.1. The number of carbonyl (C=O) groups is 1. The van der Waals surface area contributed by atoms with E-state index >= 15 is 0 Å². The van der Waals surface area contributed by atoms with Crippen LogP contribution in [0.25, 0.3) is 0 Å². The summed E-state index contributed by atoms with van der Waals surface area (Å²) in [5.41, 5.74) is 16.4. The van der Waals surface area contributed by atoms with Gasteiger partial charge in [-0.3, -0.25) is 4.79 Å². The number of primary amides is 1. The summed E-state index contributed by atoms with van der Waals surface area (Å²) >= 11 is 0. The highest BCUT2D eigenvalue weighted by Crippen LogP contribution is 2.26. The normalized spacial score (nSPS) is 10.5. The van der Waals surface area contributed by atoms with Crippen LogP contribution in [0.1, 0.15) is 22.3 Å². The molecule has 0 unspecified atom stereocenters. The number of amides is 1. The van der Waals surface area contributed by atoms with Gasteiger partial charge in [0, 0.05) is 13.1 Å². The maximum Gasteiger partial charge on any atom is 0.221 e. The van der Waals surface area contributed by atoms with Gasteiger partial charge in [-0.05, 0) is 54.7 Å². The van der Waals surface area contributed by atoms with E-state index in [1.165, 1.54) is 16.7 Å². The molecule has 0 aliphatic rings. The number of ether oxygens (including phenoxy) is 1. The first-order valence-corrected chi connectivity index (χ1v) is 8.53. The summed E-state index contributed by atoms with van der Waals surface area (Å²) in [6.07, 6.45) is 1.11. The van der Waals surface area contributed by atoms with E-state index in [0.29, 0.717) is 13.2 Å². The molecule has 0 spiro atoms. The van der Waals surface area contributed by atoms with Crippen molar-refractivity contribution in [1.82, 2.24) is 0 Å². The van der Waals surface area contributed by atoms with Crippen molar-refractivity contribution in [2.75, 3.05) is 25.0 Å². The standard InChI is InChI=1S/C20H27N3O2/c1-14-3-4-16(11-15(14)2)7-9-23-18-12-17(13-20(22)24)5-6-19(18)25-10-8-21/h3-6,11-12,23H,7-10,13,21H2,1-2H3,(H2,22,24). The van der Waals surface area contributed by atoms with Gasteiger partial charge in [-0.1, -0.05) is 24.3 Å². The van der Waals surface area contributed by atoms with Crippen molar-refractivity contribution in [3.63, 3.8) is 0 Å². The molecule has 0 aliphatic heterocycles. The van der Waals surface area contributed by atoms with Gasteiger partial charge < -0.3 is 21.5 Å². The fourth-order valence-electron chi connectivity index (χ4n) is 2.62. The average Bonchev–Trinajstić information content (AvgIpc) is 2.57. The second-order valence-corrected chi connectivity index (χ2v) is 6.21. The maximum atomic E-state index is 11.1. The molecule has 0 atom stereocenters. The Morgan fingerprint density at radius 3 is 2.52 bits per heavy atom. The zero-order valence-electron chi connectivity index (χ0n) is 15.0. The molecule has 0 heterocycles. The Morgan fingerprint density at radius 1 is 1.08 bits per heavy atom. The van der Waals surface area contributed by atoms with Gasteiger partial charge in [-0.2, -0.15) is 0 Å². The number of anilines is 1. The second kappa shape index (κ2) is 9.08. The summed E-state index contributed by atoms with van der Waals surface area (Å²) in [6.45, 7) is 5.90. The lowest BCUT2D eigenvalue weighted by atomic mass is 10.0. The molecule has 1 amide bonds. The molecule has 0 radical (unpaired) electrons. The predicted molar refractivity (Wildman–Crippen MR) is 102 cm³/mol. The van der Waals surface area contributed by atoms with Gasteiger partial charge in [0.1, 0.15) is 12.4 Å². The second-order valence-electron chi connectivity index (χ2n) is 6.21. The Kier molecular flexibility index (Phi) is 6.83. The quantitative estimate of drug-likeness (QED) is 0.653. The molecule has 2 rings (SSSR count). The number of nitrogens with one attached hydrogen (secondary N) is 1. The summed E-state index contributed by atoms with van der Waals surface area (Å²) in [5, 5.41) is 3.40. The number of hydrogen-bond acceptors (Lipinski definition) is 4. The van der Waals surface area contributed by atoms with Crippen molar-refractivity contribution in [2.45, 2.75) is 26.7 Å². The summed E-state index contributed by atoms with van der Waals surface area (Å²) in [6, 6.07) is 12.1. The number of carbonyl (C=O) groups excluding carboxylic acids is 1. The molecule has 0 aliphatic carbocycles. The van der Waals surface area contributed by atoms with Gasteiger partial charge in [0.25, 0.3) is 0 Å². The van der Waals surface area contributed by atoms with E-state index in [9.17, 15) is 4.79 Å². The van der Waals surface area contributed by atoms with Crippen molar-refractivity contribution in [1.29, 1.82) is 0 Å². The van der Waals surface area contributed by atoms with Gasteiger partial charge >= 0.3 is 0 Å². The first-order chi connectivity index (χ1) is 12.0. The highest BCUT2D eigenvalue weighted by atomic mass is 16.5. The average molecular weight is 341 g/mol. The van der Waals surface area contributed by atoms with E-state index in [-0.39, 0.29) is 12.3 Å². The maximum absolute atomic E-state index is 11.1. The van der Waals surface area contributed by atoms with Crippen LogP contribution in [-0.4, -0.2) is 25.6 Å². The number of hydrogen-bond donors (Lipinski definition) is 3. The molecular weight excluding hydrogens is 314 g/mol. The SMILES string of the molecule is Cc1ccc(CCNc2cc(CC(N)=O)ccc2OCCN)cc1C.